The summed E-state index contributed by atoms with van der Waals surface area (Å²) in [6, 6.07) is 3.50. The number of nitrogens with zero attached hydrogens (tertiary/aromatic N) is 3. The van der Waals surface area contributed by atoms with Crippen LogP contribution in [0.2, 0.25) is 0 Å². The molecule has 0 bridgehead atoms. The van der Waals surface area contributed by atoms with E-state index < -0.39 is 10.0 Å². The van der Waals surface area contributed by atoms with Crippen molar-refractivity contribution in [3.05, 3.63) is 41.9 Å². The van der Waals surface area contributed by atoms with Gasteiger partial charge in [-0.2, -0.15) is 0 Å². The zero-order valence-corrected chi connectivity index (χ0v) is 13.2. The van der Waals surface area contributed by atoms with E-state index in [0.717, 1.165) is 9.87 Å². The Kier molecular flexibility index (Phi) is 4.13. The summed E-state index contributed by atoms with van der Waals surface area (Å²) in [6.45, 7) is 3.63. The number of ether oxygens (including phenoxy) is 1. The Morgan fingerprint density at radius 3 is 2.48 bits per heavy atom. The van der Waals surface area contributed by atoms with Crippen molar-refractivity contribution in [2.45, 2.75) is 18.7 Å². The molecule has 6 nitrogen and oxygen atoms in total. The number of sulfonamides is 1. The quantitative estimate of drug-likeness (QED) is 0.863. The number of methoxy groups -OCH3 is 1. The first-order valence-corrected chi connectivity index (χ1v) is 7.72. The molecule has 0 saturated heterocycles. The Morgan fingerprint density at radius 2 is 1.90 bits per heavy atom. The van der Waals surface area contributed by atoms with Crippen LogP contribution in [-0.4, -0.2) is 32.5 Å². The highest BCUT2D eigenvalue weighted by atomic mass is 32.2. The molecule has 7 heteroatoms. The van der Waals surface area contributed by atoms with Crippen LogP contribution in [-0.2, 0) is 10.0 Å². The van der Waals surface area contributed by atoms with Gasteiger partial charge >= 0.3 is 0 Å². The number of aromatic nitrogens is 2. The molecule has 1 heterocycles. The van der Waals surface area contributed by atoms with Crippen LogP contribution in [0.3, 0.4) is 0 Å². The first-order chi connectivity index (χ1) is 9.87. The maximum Gasteiger partial charge on any atom is 0.269 e. The molecule has 0 saturated carbocycles. The van der Waals surface area contributed by atoms with Gasteiger partial charge in [0, 0.05) is 19.4 Å². The molecule has 112 valence electrons. The second-order valence-electron chi connectivity index (χ2n) is 4.65. The molecule has 0 spiro atoms. The molecule has 0 atom stereocenters. The second kappa shape index (κ2) is 5.69. The van der Waals surface area contributed by atoms with Crippen LogP contribution < -0.4 is 9.04 Å². The maximum atomic E-state index is 12.8. The van der Waals surface area contributed by atoms with E-state index in [-0.39, 0.29) is 10.7 Å². The van der Waals surface area contributed by atoms with Gasteiger partial charge in [0.15, 0.2) is 5.82 Å². The van der Waals surface area contributed by atoms with Crippen molar-refractivity contribution in [2.24, 2.45) is 0 Å². The summed E-state index contributed by atoms with van der Waals surface area (Å²) in [5.74, 6) is 0.572. The SMILES string of the molecule is COc1cc(C)cc(C)c1S(=O)(=O)N(C)c1cnccn1. The lowest BCUT2D eigenvalue weighted by molar-refractivity contribution is 0.401. The lowest BCUT2D eigenvalue weighted by Crippen LogP contribution is -2.28. The normalized spacial score (nSPS) is 11.2. The number of aryl methyl sites for hydroxylation is 2. The smallest absolute Gasteiger partial charge is 0.269 e. The van der Waals surface area contributed by atoms with Gasteiger partial charge in [0.2, 0.25) is 0 Å². The summed E-state index contributed by atoms with van der Waals surface area (Å²) in [5, 5.41) is 0. The summed E-state index contributed by atoms with van der Waals surface area (Å²) < 4.78 is 32.0. The van der Waals surface area contributed by atoms with Crippen LogP contribution in [0.4, 0.5) is 5.82 Å². The van der Waals surface area contributed by atoms with Gasteiger partial charge in [-0.15, -0.1) is 0 Å². The minimum absolute atomic E-state index is 0.142. The van der Waals surface area contributed by atoms with Crippen LogP contribution in [0, 0.1) is 13.8 Å². The van der Waals surface area contributed by atoms with E-state index in [2.05, 4.69) is 9.97 Å². The first kappa shape index (κ1) is 15.2. The van der Waals surface area contributed by atoms with E-state index in [1.54, 1.807) is 19.1 Å². The van der Waals surface area contributed by atoms with Crippen LogP contribution in [0.5, 0.6) is 5.75 Å². The average Bonchev–Trinajstić information content (AvgIpc) is 2.46. The fourth-order valence-corrected chi connectivity index (χ4v) is 3.59. The lowest BCUT2D eigenvalue weighted by Gasteiger charge is -2.21. The van der Waals surface area contributed by atoms with Gasteiger partial charge in [-0.1, -0.05) is 6.07 Å². The third-order valence-corrected chi connectivity index (χ3v) is 5.04. The second-order valence-corrected chi connectivity index (χ2v) is 6.56. The van der Waals surface area contributed by atoms with Crippen molar-refractivity contribution in [3.8, 4) is 5.75 Å². The molecule has 0 fully saturated rings. The molecule has 0 unspecified atom stereocenters. The fourth-order valence-electron chi connectivity index (χ4n) is 2.11. The van der Waals surface area contributed by atoms with E-state index in [9.17, 15) is 8.42 Å². The lowest BCUT2D eigenvalue weighted by atomic mass is 10.1. The Labute approximate surface area is 124 Å². The van der Waals surface area contributed by atoms with E-state index in [1.807, 2.05) is 6.92 Å². The molecule has 0 radical (unpaired) electrons. The summed E-state index contributed by atoms with van der Waals surface area (Å²) in [6.07, 6.45) is 4.33. The van der Waals surface area contributed by atoms with Crippen molar-refractivity contribution < 1.29 is 13.2 Å². The van der Waals surface area contributed by atoms with E-state index >= 15 is 0 Å². The largest absolute Gasteiger partial charge is 0.495 e. The highest BCUT2D eigenvalue weighted by Crippen LogP contribution is 2.32. The molecule has 0 aliphatic rings. The molecule has 0 N–H and O–H groups in total. The highest BCUT2D eigenvalue weighted by molar-refractivity contribution is 7.93. The molecule has 21 heavy (non-hydrogen) atoms. The minimum atomic E-state index is -3.78. The Hall–Kier alpha value is -2.15. The van der Waals surface area contributed by atoms with Gasteiger partial charge in [-0.05, 0) is 31.0 Å². The zero-order valence-electron chi connectivity index (χ0n) is 12.4. The molecule has 1 aromatic heterocycles. The van der Waals surface area contributed by atoms with Gasteiger partial charge in [-0.25, -0.2) is 13.4 Å². The molecule has 1 aromatic carbocycles. The van der Waals surface area contributed by atoms with Gasteiger partial charge in [0.05, 0.1) is 13.3 Å². The monoisotopic (exact) mass is 307 g/mol. The van der Waals surface area contributed by atoms with Crippen LogP contribution in [0.15, 0.2) is 35.6 Å². The van der Waals surface area contributed by atoms with Gasteiger partial charge < -0.3 is 4.74 Å². The third kappa shape index (κ3) is 2.82. The maximum absolute atomic E-state index is 12.8. The minimum Gasteiger partial charge on any atom is -0.495 e. The summed E-state index contributed by atoms with van der Waals surface area (Å²) in [4.78, 5) is 8.05. The number of rotatable bonds is 4. The van der Waals surface area contributed by atoms with Crippen molar-refractivity contribution in [1.29, 1.82) is 0 Å². The van der Waals surface area contributed by atoms with Gasteiger partial charge in [0.25, 0.3) is 10.0 Å². The molecular formula is C14H17N3O3S. The van der Waals surface area contributed by atoms with Crippen molar-refractivity contribution in [3.63, 3.8) is 0 Å². The molecular weight excluding hydrogens is 290 g/mol. The number of hydrogen-bond donors (Lipinski definition) is 0. The predicted molar refractivity (Wildman–Crippen MR) is 80.1 cm³/mol. The van der Waals surface area contributed by atoms with Crippen molar-refractivity contribution >= 4 is 15.8 Å². The Morgan fingerprint density at radius 1 is 1.19 bits per heavy atom. The van der Waals surface area contributed by atoms with E-state index in [1.165, 1.54) is 32.7 Å². The fraction of sp³-hybridized carbons (Fsp3) is 0.286. The van der Waals surface area contributed by atoms with Crippen LogP contribution >= 0.6 is 0 Å². The van der Waals surface area contributed by atoms with Crippen LogP contribution in [0.1, 0.15) is 11.1 Å². The summed E-state index contributed by atoms with van der Waals surface area (Å²) in [7, 11) is -0.880. The number of benzene rings is 1. The summed E-state index contributed by atoms with van der Waals surface area (Å²) in [5.41, 5.74) is 1.56. The summed E-state index contributed by atoms with van der Waals surface area (Å²) >= 11 is 0. The number of anilines is 1. The molecule has 2 aromatic rings. The van der Waals surface area contributed by atoms with Crippen molar-refractivity contribution in [2.75, 3.05) is 18.5 Å². The van der Waals surface area contributed by atoms with E-state index in [4.69, 9.17) is 4.74 Å². The molecule has 0 aliphatic heterocycles. The van der Waals surface area contributed by atoms with Gasteiger partial charge in [-0.3, -0.25) is 9.29 Å². The zero-order chi connectivity index (χ0) is 15.6. The highest BCUT2D eigenvalue weighted by Gasteiger charge is 2.28. The molecule has 0 amide bonds. The van der Waals surface area contributed by atoms with Crippen molar-refractivity contribution in [1.82, 2.24) is 9.97 Å². The third-order valence-electron chi connectivity index (χ3n) is 3.10. The number of hydrogen-bond acceptors (Lipinski definition) is 5. The Balaban J connectivity index is 2.60. The standard InChI is InChI=1S/C14H17N3O3S/c1-10-7-11(2)14(12(8-10)20-4)21(18,19)17(3)13-9-15-5-6-16-13/h5-9H,1-4H3. The molecule has 0 aliphatic carbocycles. The van der Waals surface area contributed by atoms with E-state index in [0.29, 0.717) is 11.3 Å². The molecule has 2 rings (SSSR count). The predicted octanol–water partition coefficient (Wildman–Crippen LogP) is 1.93. The van der Waals surface area contributed by atoms with Crippen LogP contribution in [0.25, 0.3) is 0 Å². The first-order valence-electron chi connectivity index (χ1n) is 6.28. The topological polar surface area (TPSA) is 72.4 Å². The average molecular weight is 307 g/mol. The Bertz CT molecular complexity index is 746. The van der Waals surface area contributed by atoms with Gasteiger partial charge in [0.1, 0.15) is 10.6 Å².